The lowest BCUT2D eigenvalue weighted by Gasteiger charge is -2.40. The maximum Gasteiger partial charge on any atom is 0.407 e. The highest BCUT2D eigenvalue weighted by atomic mass is 19.1. The fourth-order valence-electron chi connectivity index (χ4n) is 6.05. The molecule has 0 unspecified atom stereocenters. The van der Waals surface area contributed by atoms with E-state index in [0.717, 1.165) is 54.0 Å². The van der Waals surface area contributed by atoms with Crippen LogP contribution in [0.3, 0.4) is 0 Å². The molecule has 220 valence electrons. The van der Waals surface area contributed by atoms with Gasteiger partial charge in [0.05, 0.1) is 23.3 Å². The lowest BCUT2D eigenvalue weighted by atomic mass is 9.94. The number of benzene rings is 2. The first-order valence-electron chi connectivity index (χ1n) is 14.3. The third-order valence-corrected chi connectivity index (χ3v) is 8.31. The van der Waals surface area contributed by atoms with Gasteiger partial charge in [-0.2, -0.15) is 10.1 Å². The molecule has 2 saturated heterocycles. The minimum Gasteiger partial charge on any atom is -0.493 e. The Morgan fingerprint density at radius 3 is 2.55 bits per heavy atom. The first-order chi connectivity index (χ1) is 20.4. The Kier molecular flexibility index (Phi) is 7.84. The molecule has 2 fully saturated rings. The second-order valence-corrected chi connectivity index (χ2v) is 11.0. The second kappa shape index (κ2) is 11.8. The van der Waals surface area contributed by atoms with Gasteiger partial charge < -0.3 is 24.7 Å². The number of alkyl halides is 1. The Hall–Kier alpha value is -4.38. The average molecular weight is 575 g/mol. The molecule has 11 heteroatoms. The molecular weight excluding hydrogens is 539 g/mol. The van der Waals surface area contributed by atoms with Crippen LogP contribution in [0.4, 0.5) is 14.9 Å². The maximum absolute atomic E-state index is 14.7. The summed E-state index contributed by atoms with van der Waals surface area (Å²) in [7, 11) is 1.93. The maximum atomic E-state index is 14.7. The molecule has 2 aliphatic heterocycles. The SMILES string of the molecule is Cn1nc(-c2ccc(O)nc2OCc2ccccc2)c2cccc(N3CCN(C[C@@H]4CCN(C(=O)O)C[C@H]4F)CC3)c21. The highest BCUT2D eigenvalue weighted by Crippen LogP contribution is 2.38. The Morgan fingerprint density at radius 1 is 1.02 bits per heavy atom. The van der Waals surface area contributed by atoms with Gasteiger partial charge in [0.1, 0.15) is 18.5 Å². The number of ether oxygens (including phenoxy) is 1. The van der Waals surface area contributed by atoms with Gasteiger partial charge in [0.15, 0.2) is 0 Å². The average Bonchev–Trinajstić information content (AvgIpc) is 3.34. The van der Waals surface area contributed by atoms with Gasteiger partial charge >= 0.3 is 6.09 Å². The summed E-state index contributed by atoms with van der Waals surface area (Å²) in [6.45, 7) is 4.47. The van der Waals surface area contributed by atoms with Crippen molar-refractivity contribution in [3.8, 4) is 23.0 Å². The largest absolute Gasteiger partial charge is 0.493 e. The fourth-order valence-corrected chi connectivity index (χ4v) is 6.05. The zero-order valence-electron chi connectivity index (χ0n) is 23.6. The molecular formula is C31H35FN6O4. The van der Waals surface area contributed by atoms with Crippen molar-refractivity contribution in [2.24, 2.45) is 13.0 Å². The number of hydrogen-bond donors (Lipinski definition) is 2. The quantitative estimate of drug-likeness (QED) is 0.335. The lowest BCUT2D eigenvalue weighted by molar-refractivity contribution is 0.0574. The van der Waals surface area contributed by atoms with Crippen molar-refractivity contribution >= 4 is 22.7 Å². The van der Waals surface area contributed by atoms with E-state index in [1.165, 1.54) is 4.90 Å². The molecule has 42 heavy (non-hydrogen) atoms. The van der Waals surface area contributed by atoms with E-state index in [-0.39, 0.29) is 18.3 Å². The van der Waals surface area contributed by atoms with Crippen molar-refractivity contribution in [2.75, 3.05) is 50.7 Å². The molecule has 2 aliphatic rings. The summed E-state index contributed by atoms with van der Waals surface area (Å²) in [5.41, 5.74) is 4.49. The Labute approximate surface area is 243 Å². The van der Waals surface area contributed by atoms with E-state index < -0.39 is 12.3 Å². The number of piperazine rings is 1. The number of pyridine rings is 1. The van der Waals surface area contributed by atoms with E-state index in [9.17, 15) is 19.4 Å². The zero-order valence-corrected chi connectivity index (χ0v) is 23.6. The third-order valence-electron chi connectivity index (χ3n) is 8.31. The Bertz CT molecular complexity index is 1560. The smallest absolute Gasteiger partial charge is 0.407 e. The fraction of sp³-hybridized carbons (Fsp3) is 0.387. The van der Waals surface area contributed by atoms with Gasteiger partial charge in [0, 0.05) is 63.7 Å². The van der Waals surface area contributed by atoms with E-state index in [4.69, 9.17) is 9.84 Å². The van der Waals surface area contributed by atoms with Crippen LogP contribution >= 0.6 is 0 Å². The number of likely N-dealkylation sites (tertiary alicyclic amines) is 1. The molecule has 0 radical (unpaired) electrons. The molecule has 4 aromatic rings. The van der Waals surface area contributed by atoms with E-state index in [1.807, 2.05) is 54.2 Å². The van der Waals surface area contributed by atoms with E-state index >= 15 is 0 Å². The van der Waals surface area contributed by atoms with Gasteiger partial charge in [0.2, 0.25) is 11.8 Å². The molecule has 6 rings (SSSR count). The number of aromatic nitrogens is 3. The molecule has 2 aromatic carbocycles. The van der Waals surface area contributed by atoms with Gasteiger partial charge in [-0.3, -0.25) is 9.58 Å². The molecule has 2 aromatic heterocycles. The predicted octanol–water partition coefficient (Wildman–Crippen LogP) is 4.38. The van der Waals surface area contributed by atoms with Crippen LogP contribution in [-0.4, -0.2) is 92.9 Å². The van der Waals surface area contributed by atoms with Crippen LogP contribution in [0.5, 0.6) is 11.8 Å². The number of anilines is 1. The monoisotopic (exact) mass is 574 g/mol. The standard InChI is InChI=1S/C31H35FN6O4/c1-35-29-23(28(34-35)24-10-11-27(39)33-30(24)42-20-21-6-3-2-4-7-21)8-5-9-26(29)37-16-14-36(15-17-37)18-22-12-13-38(31(40)41)19-25(22)32/h2-11,22,25H,12-20H2,1H3,(H,33,39)(H,40,41)/t22-,25+/m0/s1. The van der Waals surface area contributed by atoms with Crippen LogP contribution < -0.4 is 9.64 Å². The minimum absolute atomic E-state index is 0.0413. The summed E-state index contributed by atoms with van der Waals surface area (Å²) in [5.74, 6) is 0.0535. The van der Waals surface area contributed by atoms with Gasteiger partial charge in [-0.15, -0.1) is 0 Å². The molecule has 1 amide bonds. The van der Waals surface area contributed by atoms with Crippen LogP contribution in [0.15, 0.2) is 60.7 Å². The molecule has 0 aliphatic carbocycles. The van der Waals surface area contributed by atoms with Crippen LogP contribution in [0.1, 0.15) is 12.0 Å². The van der Waals surface area contributed by atoms with Crippen molar-refractivity contribution in [3.05, 3.63) is 66.2 Å². The summed E-state index contributed by atoms with van der Waals surface area (Å²) in [4.78, 5) is 21.3. The Morgan fingerprint density at radius 2 is 1.81 bits per heavy atom. The lowest BCUT2D eigenvalue weighted by Crippen LogP contribution is -2.52. The first-order valence-corrected chi connectivity index (χ1v) is 14.3. The summed E-state index contributed by atoms with van der Waals surface area (Å²) in [6.07, 6.45) is -1.63. The first kappa shape index (κ1) is 27.8. The number of nitrogens with zero attached hydrogens (tertiary/aromatic N) is 6. The summed E-state index contributed by atoms with van der Waals surface area (Å²) >= 11 is 0. The van der Waals surface area contributed by atoms with Gasteiger partial charge in [0.25, 0.3) is 0 Å². The van der Waals surface area contributed by atoms with Gasteiger partial charge in [-0.05, 0) is 24.1 Å². The zero-order chi connectivity index (χ0) is 29.2. The molecule has 10 nitrogen and oxygen atoms in total. The van der Waals surface area contributed by atoms with Crippen molar-refractivity contribution in [3.63, 3.8) is 0 Å². The van der Waals surface area contributed by atoms with Crippen LogP contribution in [0.2, 0.25) is 0 Å². The van der Waals surface area contributed by atoms with Crippen molar-refractivity contribution < 1.29 is 24.1 Å². The number of para-hydroxylation sites is 1. The van der Waals surface area contributed by atoms with Crippen molar-refractivity contribution in [1.29, 1.82) is 0 Å². The number of amides is 1. The number of aromatic hydroxyl groups is 1. The van der Waals surface area contributed by atoms with E-state index in [1.54, 1.807) is 12.1 Å². The second-order valence-electron chi connectivity index (χ2n) is 11.0. The van der Waals surface area contributed by atoms with Crippen LogP contribution in [0, 0.1) is 5.92 Å². The minimum atomic E-state index is -1.13. The van der Waals surface area contributed by atoms with Crippen LogP contribution in [-0.2, 0) is 13.7 Å². The number of halogens is 1. The van der Waals surface area contributed by atoms with Crippen LogP contribution in [0.25, 0.3) is 22.2 Å². The third kappa shape index (κ3) is 5.69. The number of fused-ring (bicyclic) bond motifs is 1. The number of aryl methyl sites for hydroxylation is 1. The van der Waals surface area contributed by atoms with E-state index in [0.29, 0.717) is 37.6 Å². The number of carbonyl (C=O) groups is 1. The molecule has 0 spiro atoms. The molecule has 0 saturated carbocycles. The summed E-state index contributed by atoms with van der Waals surface area (Å²) in [6, 6.07) is 19.3. The summed E-state index contributed by atoms with van der Waals surface area (Å²) < 4.78 is 22.7. The number of carboxylic acid groups (broad SMARTS) is 1. The van der Waals surface area contributed by atoms with Gasteiger partial charge in [-0.25, -0.2) is 9.18 Å². The number of rotatable bonds is 7. The molecule has 2 atom stereocenters. The summed E-state index contributed by atoms with van der Waals surface area (Å²) in [5, 5.41) is 25.1. The Balaban J connectivity index is 1.19. The predicted molar refractivity (Wildman–Crippen MR) is 158 cm³/mol. The molecule has 0 bridgehead atoms. The number of piperidine rings is 1. The van der Waals surface area contributed by atoms with Crippen molar-refractivity contribution in [1.82, 2.24) is 24.6 Å². The topological polar surface area (TPSA) is 107 Å². The molecule has 2 N–H and O–H groups in total. The molecule has 4 heterocycles. The highest BCUT2D eigenvalue weighted by Gasteiger charge is 2.33. The number of hydrogen-bond acceptors (Lipinski definition) is 7. The van der Waals surface area contributed by atoms with Gasteiger partial charge in [-0.1, -0.05) is 42.5 Å². The van der Waals surface area contributed by atoms with E-state index in [2.05, 4.69) is 20.9 Å². The highest BCUT2D eigenvalue weighted by molar-refractivity contribution is 6.01. The van der Waals surface area contributed by atoms with Crippen molar-refractivity contribution in [2.45, 2.75) is 19.2 Å². The normalized spacial score (nSPS) is 19.8.